The highest BCUT2D eigenvalue weighted by molar-refractivity contribution is 7.08. The first-order valence-electron chi connectivity index (χ1n) is 9.91. The smallest absolute Gasteiger partial charge is 0.287 e. The van der Waals surface area contributed by atoms with E-state index in [4.69, 9.17) is 4.42 Å². The first-order valence-corrected chi connectivity index (χ1v) is 10.9. The van der Waals surface area contributed by atoms with Crippen LogP contribution in [0.15, 0.2) is 46.0 Å². The third-order valence-corrected chi connectivity index (χ3v) is 6.75. The lowest BCUT2D eigenvalue weighted by Gasteiger charge is -2.18. The van der Waals surface area contributed by atoms with Crippen LogP contribution >= 0.6 is 11.3 Å². The summed E-state index contributed by atoms with van der Waals surface area (Å²) in [5.74, 6) is 0.957. The Balaban J connectivity index is 1.79. The molecule has 152 valence electrons. The van der Waals surface area contributed by atoms with E-state index in [1.54, 1.807) is 17.4 Å². The summed E-state index contributed by atoms with van der Waals surface area (Å²) < 4.78 is 5.93. The average Bonchev–Trinajstić information content (AvgIpc) is 3.40. The van der Waals surface area contributed by atoms with E-state index in [9.17, 15) is 4.79 Å². The van der Waals surface area contributed by atoms with E-state index in [0.29, 0.717) is 18.6 Å². The fourth-order valence-corrected chi connectivity index (χ4v) is 4.47. The van der Waals surface area contributed by atoms with Gasteiger partial charge in [-0.25, -0.2) is 0 Å². The molecule has 3 rings (SSSR count). The van der Waals surface area contributed by atoms with Crippen LogP contribution in [0.4, 0.5) is 0 Å². The van der Waals surface area contributed by atoms with Crippen molar-refractivity contribution >= 4 is 17.2 Å². The van der Waals surface area contributed by atoms with Gasteiger partial charge < -0.3 is 9.73 Å². The van der Waals surface area contributed by atoms with Crippen molar-refractivity contribution in [2.24, 2.45) is 0 Å². The van der Waals surface area contributed by atoms with Crippen molar-refractivity contribution in [1.29, 1.82) is 0 Å². The SMILES string of the molecule is C=CCC(NC(=O)c1ccc(Cc2c(C)c(C)c(C)c(C)c2C)o1)c1ccsc1. The molecular formula is C25H29NO2S. The van der Waals surface area contributed by atoms with Gasteiger partial charge in [0, 0.05) is 6.42 Å². The van der Waals surface area contributed by atoms with E-state index in [1.165, 1.54) is 33.4 Å². The summed E-state index contributed by atoms with van der Waals surface area (Å²) in [6.45, 7) is 14.7. The molecule has 4 heteroatoms. The molecule has 3 nitrogen and oxygen atoms in total. The minimum Gasteiger partial charge on any atom is -0.456 e. The number of carbonyl (C=O) groups is 1. The molecule has 1 unspecified atom stereocenters. The molecule has 2 aromatic heterocycles. The van der Waals surface area contributed by atoms with Gasteiger partial charge in [-0.2, -0.15) is 11.3 Å². The normalized spacial score (nSPS) is 12.0. The van der Waals surface area contributed by atoms with E-state index in [2.05, 4.69) is 51.9 Å². The second-order valence-electron chi connectivity index (χ2n) is 7.65. The molecule has 0 spiro atoms. The Morgan fingerprint density at radius 3 is 2.31 bits per heavy atom. The number of furan rings is 1. The molecule has 0 bridgehead atoms. The monoisotopic (exact) mass is 407 g/mol. The third-order valence-electron chi connectivity index (χ3n) is 6.05. The molecular weight excluding hydrogens is 378 g/mol. The first kappa shape index (κ1) is 21.1. The van der Waals surface area contributed by atoms with Crippen LogP contribution in [0.5, 0.6) is 0 Å². The van der Waals surface area contributed by atoms with E-state index in [-0.39, 0.29) is 11.9 Å². The van der Waals surface area contributed by atoms with Gasteiger partial charge in [0.05, 0.1) is 6.04 Å². The Morgan fingerprint density at radius 2 is 1.72 bits per heavy atom. The van der Waals surface area contributed by atoms with Crippen molar-refractivity contribution in [1.82, 2.24) is 5.32 Å². The molecule has 0 aliphatic carbocycles. The molecule has 0 radical (unpaired) electrons. The van der Waals surface area contributed by atoms with Gasteiger partial charge in [-0.1, -0.05) is 6.08 Å². The van der Waals surface area contributed by atoms with E-state index in [1.807, 2.05) is 23.6 Å². The topological polar surface area (TPSA) is 42.2 Å². The molecule has 1 atom stereocenters. The molecule has 0 aliphatic rings. The summed E-state index contributed by atoms with van der Waals surface area (Å²) in [4.78, 5) is 12.7. The highest BCUT2D eigenvalue weighted by Crippen LogP contribution is 2.28. The van der Waals surface area contributed by atoms with Crippen molar-refractivity contribution in [3.63, 3.8) is 0 Å². The summed E-state index contributed by atoms with van der Waals surface area (Å²) in [6, 6.07) is 5.61. The number of hydrogen-bond donors (Lipinski definition) is 1. The molecule has 1 amide bonds. The highest BCUT2D eigenvalue weighted by Gasteiger charge is 2.19. The minimum absolute atomic E-state index is 0.0910. The summed E-state index contributed by atoms with van der Waals surface area (Å²) >= 11 is 1.62. The standard InChI is InChI=1S/C25H29NO2S/c1-7-8-23(20-11-12-29-14-20)26-25(27)24-10-9-21(28-24)13-22-18(5)16(3)15(2)17(4)19(22)6/h7,9-12,14,23H,1,8,13H2,2-6H3,(H,26,27). The molecule has 2 heterocycles. The van der Waals surface area contributed by atoms with Gasteiger partial charge in [0.1, 0.15) is 5.76 Å². The molecule has 0 saturated carbocycles. The lowest BCUT2D eigenvalue weighted by molar-refractivity contribution is 0.0907. The van der Waals surface area contributed by atoms with Gasteiger partial charge >= 0.3 is 0 Å². The molecule has 0 saturated heterocycles. The maximum Gasteiger partial charge on any atom is 0.287 e. The van der Waals surface area contributed by atoms with Crippen LogP contribution in [-0.2, 0) is 6.42 Å². The zero-order valence-electron chi connectivity index (χ0n) is 17.9. The lowest BCUT2D eigenvalue weighted by Crippen LogP contribution is -2.27. The number of amides is 1. The predicted molar refractivity (Wildman–Crippen MR) is 121 cm³/mol. The van der Waals surface area contributed by atoms with Crippen LogP contribution in [0.3, 0.4) is 0 Å². The van der Waals surface area contributed by atoms with Gasteiger partial charge in [-0.3, -0.25) is 4.79 Å². The third kappa shape index (κ3) is 4.38. The van der Waals surface area contributed by atoms with Crippen molar-refractivity contribution in [3.05, 3.63) is 92.1 Å². The van der Waals surface area contributed by atoms with Crippen LogP contribution in [0.1, 0.15) is 67.7 Å². The summed E-state index contributed by atoms with van der Waals surface area (Å²) in [5, 5.41) is 7.13. The van der Waals surface area contributed by atoms with Crippen LogP contribution in [-0.4, -0.2) is 5.91 Å². The molecule has 0 aliphatic heterocycles. The molecule has 0 fully saturated rings. The van der Waals surface area contributed by atoms with Gasteiger partial charge in [0.2, 0.25) is 0 Å². The molecule has 29 heavy (non-hydrogen) atoms. The van der Waals surface area contributed by atoms with Crippen LogP contribution in [0.2, 0.25) is 0 Å². The van der Waals surface area contributed by atoms with Crippen molar-refractivity contribution in [3.8, 4) is 0 Å². The Labute approximate surface area is 177 Å². The van der Waals surface area contributed by atoms with E-state index in [0.717, 1.165) is 11.3 Å². The predicted octanol–water partition coefficient (Wildman–Crippen LogP) is 6.52. The Hall–Kier alpha value is -2.59. The number of benzene rings is 1. The number of rotatable bonds is 7. The summed E-state index contributed by atoms with van der Waals surface area (Å²) in [6.07, 6.45) is 3.19. The van der Waals surface area contributed by atoms with Crippen molar-refractivity contribution < 1.29 is 9.21 Å². The van der Waals surface area contributed by atoms with Gasteiger partial charge in [-0.15, -0.1) is 6.58 Å². The second kappa shape index (κ2) is 8.83. The van der Waals surface area contributed by atoms with Crippen LogP contribution in [0, 0.1) is 34.6 Å². The maximum atomic E-state index is 12.7. The fraction of sp³-hybridized carbons (Fsp3) is 0.320. The average molecular weight is 408 g/mol. The summed E-state index contributed by atoms with van der Waals surface area (Å²) in [7, 11) is 0. The zero-order chi connectivity index (χ0) is 21.1. The van der Waals surface area contributed by atoms with Gasteiger partial charge in [0.25, 0.3) is 5.91 Å². The minimum atomic E-state index is -0.195. The van der Waals surface area contributed by atoms with Gasteiger partial charge in [0.15, 0.2) is 5.76 Å². The number of thiophene rings is 1. The first-order chi connectivity index (χ1) is 13.8. The lowest BCUT2D eigenvalue weighted by atomic mass is 9.88. The molecule has 1 aromatic carbocycles. The van der Waals surface area contributed by atoms with Crippen molar-refractivity contribution in [2.75, 3.05) is 0 Å². The van der Waals surface area contributed by atoms with E-state index < -0.39 is 0 Å². The van der Waals surface area contributed by atoms with Crippen LogP contribution < -0.4 is 5.32 Å². The van der Waals surface area contributed by atoms with Crippen LogP contribution in [0.25, 0.3) is 0 Å². The maximum absolute atomic E-state index is 12.7. The zero-order valence-corrected chi connectivity index (χ0v) is 18.7. The summed E-state index contributed by atoms with van der Waals surface area (Å²) in [5.41, 5.74) is 8.99. The fourth-order valence-electron chi connectivity index (χ4n) is 3.76. The van der Waals surface area contributed by atoms with Crippen molar-refractivity contribution in [2.45, 2.75) is 53.5 Å². The Morgan fingerprint density at radius 1 is 1.07 bits per heavy atom. The Bertz CT molecular complexity index is 999. The molecule has 1 N–H and O–H groups in total. The molecule has 3 aromatic rings. The largest absolute Gasteiger partial charge is 0.456 e. The number of hydrogen-bond acceptors (Lipinski definition) is 3. The van der Waals surface area contributed by atoms with Gasteiger partial charge in [-0.05, 0) is 109 Å². The van der Waals surface area contributed by atoms with E-state index >= 15 is 0 Å². The Kier molecular flexibility index (Phi) is 6.43. The number of nitrogens with one attached hydrogen (secondary N) is 1. The number of carbonyl (C=O) groups excluding carboxylic acids is 1. The second-order valence-corrected chi connectivity index (χ2v) is 8.43. The quantitative estimate of drug-likeness (QED) is 0.453. The highest BCUT2D eigenvalue weighted by atomic mass is 32.1.